The lowest BCUT2D eigenvalue weighted by Crippen LogP contribution is -2.50. The fraction of sp³-hybridized carbons (Fsp3) is 0.615. The Hall–Kier alpha value is -1.69. The number of nitrogens with zero attached hydrogens (tertiary/aromatic N) is 3. The van der Waals surface area contributed by atoms with Gasteiger partial charge in [-0.05, 0) is 12.8 Å². The molecule has 1 saturated heterocycles. The summed E-state index contributed by atoms with van der Waals surface area (Å²) in [6, 6.07) is 1.40. The average molecular weight is 263 g/mol. The van der Waals surface area contributed by atoms with Gasteiger partial charge in [0.2, 0.25) is 5.91 Å². The minimum Gasteiger partial charge on any atom is -0.377 e. The van der Waals surface area contributed by atoms with Gasteiger partial charge >= 0.3 is 0 Å². The number of carbonyl (C=O) groups excluding carboxylic acids is 1. The quantitative estimate of drug-likeness (QED) is 0.771. The zero-order valence-corrected chi connectivity index (χ0v) is 10.7. The largest absolute Gasteiger partial charge is 0.377 e. The van der Waals surface area contributed by atoms with Crippen LogP contribution in [-0.4, -0.2) is 45.7 Å². The molecule has 1 aliphatic heterocycles. The Kier molecular flexibility index (Phi) is 3.10. The molecule has 19 heavy (non-hydrogen) atoms. The number of morpholine rings is 1. The highest BCUT2D eigenvalue weighted by Gasteiger charge is 2.51. The molecular formula is C13H17N3O3. The van der Waals surface area contributed by atoms with Crippen molar-refractivity contribution in [1.82, 2.24) is 14.5 Å². The molecule has 2 fully saturated rings. The van der Waals surface area contributed by atoms with Gasteiger partial charge in [0.25, 0.3) is 5.56 Å². The van der Waals surface area contributed by atoms with Crippen molar-refractivity contribution in [3.05, 3.63) is 28.9 Å². The second-order valence-corrected chi connectivity index (χ2v) is 5.18. The predicted molar refractivity (Wildman–Crippen MR) is 67.6 cm³/mol. The highest BCUT2D eigenvalue weighted by atomic mass is 16.5. The molecule has 2 heterocycles. The van der Waals surface area contributed by atoms with Crippen LogP contribution in [0.3, 0.4) is 0 Å². The van der Waals surface area contributed by atoms with Gasteiger partial charge in [-0.1, -0.05) is 0 Å². The molecule has 6 nitrogen and oxygen atoms in total. The third-order valence-electron chi connectivity index (χ3n) is 3.89. The summed E-state index contributed by atoms with van der Waals surface area (Å²) in [5.74, 6) is 0.108. The topological polar surface area (TPSA) is 64.4 Å². The van der Waals surface area contributed by atoms with Crippen LogP contribution in [0, 0.1) is 0 Å². The predicted octanol–water partition coefficient (Wildman–Crippen LogP) is 0.0248. The molecule has 1 saturated carbocycles. The lowest BCUT2D eigenvalue weighted by Gasteiger charge is -2.36. The highest BCUT2D eigenvalue weighted by molar-refractivity contribution is 5.77. The molecule has 102 valence electrons. The number of ether oxygens (including phenoxy) is 1. The summed E-state index contributed by atoms with van der Waals surface area (Å²) in [6.45, 7) is 2.33. The molecule has 0 aromatic carbocycles. The van der Waals surface area contributed by atoms with E-state index in [1.807, 2.05) is 4.90 Å². The second-order valence-electron chi connectivity index (χ2n) is 5.18. The molecule has 6 heteroatoms. The van der Waals surface area contributed by atoms with Gasteiger partial charge in [-0.3, -0.25) is 14.2 Å². The lowest BCUT2D eigenvalue weighted by atomic mass is 10.2. The van der Waals surface area contributed by atoms with Crippen molar-refractivity contribution in [2.24, 2.45) is 0 Å². The van der Waals surface area contributed by atoms with Crippen LogP contribution in [0.25, 0.3) is 0 Å². The Morgan fingerprint density at radius 3 is 3.05 bits per heavy atom. The standard InChI is InChI=1S/C13H17N3O3/c17-11-1-5-14-10-15(11)6-2-12(18)16-7-8-19-9-13(16)3-4-13/h1,5,10H,2-4,6-9H2. The van der Waals surface area contributed by atoms with Gasteiger partial charge in [-0.25, -0.2) is 4.98 Å². The first-order valence-electron chi connectivity index (χ1n) is 6.60. The molecule has 0 N–H and O–H groups in total. The van der Waals surface area contributed by atoms with E-state index in [1.54, 1.807) is 0 Å². The molecule has 0 radical (unpaired) electrons. The third kappa shape index (κ3) is 2.40. The number of hydrogen-bond acceptors (Lipinski definition) is 4. The third-order valence-corrected chi connectivity index (χ3v) is 3.89. The summed E-state index contributed by atoms with van der Waals surface area (Å²) in [5.41, 5.74) is -0.152. The molecule has 1 spiro atoms. The molecule has 3 rings (SSSR count). The van der Waals surface area contributed by atoms with Gasteiger partial charge < -0.3 is 9.64 Å². The SMILES string of the molecule is O=C(CCn1cnccc1=O)N1CCOCC12CC2. The van der Waals surface area contributed by atoms with Crippen molar-refractivity contribution < 1.29 is 9.53 Å². The zero-order valence-electron chi connectivity index (χ0n) is 10.7. The van der Waals surface area contributed by atoms with E-state index in [0.717, 1.165) is 12.8 Å². The Morgan fingerprint density at radius 2 is 2.32 bits per heavy atom. The summed E-state index contributed by atoms with van der Waals surface area (Å²) in [5, 5.41) is 0. The molecule has 1 aromatic rings. The van der Waals surface area contributed by atoms with E-state index in [9.17, 15) is 9.59 Å². The monoisotopic (exact) mass is 263 g/mol. The molecule has 0 unspecified atom stereocenters. The van der Waals surface area contributed by atoms with E-state index in [0.29, 0.717) is 32.7 Å². The van der Waals surface area contributed by atoms with E-state index in [1.165, 1.54) is 23.2 Å². The number of aryl methyl sites for hydroxylation is 1. The molecule has 1 aliphatic carbocycles. The van der Waals surface area contributed by atoms with Gasteiger partial charge in [-0.15, -0.1) is 0 Å². The molecule has 0 bridgehead atoms. The van der Waals surface area contributed by atoms with Crippen molar-refractivity contribution in [2.75, 3.05) is 19.8 Å². The first kappa shape index (κ1) is 12.3. The fourth-order valence-electron chi connectivity index (χ4n) is 2.58. The van der Waals surface area contributed by atoms with Gasteiger partial charge in [-0.2, -0.15) is 0 Å². The first-order valence-corrected chi connectivity index (χ1v) is 6.60. The summed E-state index contributed by atoms with van der Waals surface area (Å²) in [6.07, 6.45) is 5.34. The number of aromatic nitrogens is 2. The zero-order chi connectivity index (χ0) is 13.3. The van der Waals surface area contributed by atoms with Crippen LogP contribution in [0.4, 0.5) is 0 Å². The maximum Gasteiger partial charge on any atom is 0.253 e. The number of hydrogen-bond donors (Lipinski definition) is 0. The number of rotatable bonds is 3. The maximum absolute atomic E-state index is 12.3. The molecule has 1 aromatic heterocycles. The van der Waals surface area contributed by atoms with E-state index in [4.69, 9.17) is 4.74 Å². The highest BCUT2D eigenvalue weighted by Crippen LogP contribution is 2.43. The molecule has 2 aliphatic rings. The Balaban J connectivity index is 1.62. The van der Waals surface area contributed by atoms with Crippen molar-refractivity contribution in [2.45, 2.75) is 31.3 Å². The van der Waals surface area contributed by atoms with Crippen LogP contribution in [-0.2, 0) is 16.1 Å². The van der Waals surface area contributed by atoms with Crippen LogP contribution < -0.4 is 5.56 Å². The van der Waals surface area contributed by atoms with Crippen molar-refractivity contribution in [3.63, 3.8) is 0 Å². The Bertz CT molecular complexity index is 536. The summed E-state index contributed by atoms with van der Waals surface area (Å²) >= 11 is 0. The maximum atomic E-state index is 12.3. The molecule has 1 amide bonds. The normalized spacial score (nSPS) is 20.5. The first-order chi connectivity index (χ1) is 9.21. The van der Waals surface area contributed by atoms with E-state index in [2.05, 4.69) is 4.98 Å². The number of amides is 1. The van der Waals surface area contributed by atoms with Crippen LogP contribution in [0.15, 0.2) is 23.4 Å². The molecule has 0 atom stereocenters. The van der Waals surface area contributed by atoms with Crippen LogP contribution in [0.5, 0.6) is 0 Å². The van der Waals surface area contributed by atoms with Crippen LogP contribution in [0.2, 0.25) is 0 Å². The Morgan fingerprint density at radius 1 is 1.47 bits per heavy atom. The van der Waals surface area contributed by atoms with Gasteiger partial charge in [0.05, 0.1) is 25.1 Å². The van der Waals surface area contributed by atoms with E-state index < -0.39 is 0 Å². The van der Waals surface area contributed by atoms with Crippen molar-refractivity contribution in [3.8, 4) is 0 Å². The van der Waals surface area contributed by atoms with Gasteiger partial charge in [0, 0.05) is 31.8 Å². The van der Waals surface area contributed by atoms with Crippen molar-refractivity contribution in [1.29, 1.82) is 0 Å². The van der Waals surface area contributed by atoms with E-state index >= 15 is 0 Å². The average Bonchev–Trinajstić information content (AvgIpc) is 3.18. The summed E-state index contributed by atoms with van der Waals surface area (Å²) < 4.78 is 6.92. The summed E-state index contributed by atoms with van der Waals surface area (Å²) in [7, 11) is 0. The van der Waals surface area contributed by atoms with Crippen molar-refractivity contribution >= 4 is 5.91 Å². The van der Waals surface area contributed by atoms with E-state index in [-0.39, 0.29) is 17.0 Å². The van der Waals surface area contributed by atoms with Crippen LogP contribution in [0.1, 0.15) is 19.3 Å². The fourth-order valence-corrected chi connectivity index (χ4v) is 2.58. The minimum atomic E-state index is -0.120. The second kappa shape index (κ2) is 4.77. The summed E-state index contributed by atoms with van der Waals surface area (Å²) in [4.78, 5) is 29.6. The van der Waals surface area contributed by atoms with Gasteiger partial charge in [0.15, 0.2) is 0 Å². The lowest BCUT2D eigenvalue weighted by molar-refractivity contribution is -0.141. The van der Waals surface area contributed by atoms with Gasteiger partial charge in [0.1, 0.15) is 0 Å². The number of carbonyl (C=O) groups is 1. The minimum absolute atomic E-state index is 0.0325. The van der Waals surface area contributed by atoms with Crippen LogP contribution >= 0.6 is 0 Å². The smallest absolute Gasteiger partial charge is 0.253 e. The Labute approximate surface area is 111 Å². The molecular weight excluding hydrogens is 246 g/mol.